The van der Waals surface area contributed by atoms with Gasteiger partial charge in [0.15, 0.2) is 0 Å². The predicted octanol–water partition coefficient (Wildman–Crippen LogP) is 2.34. The van der Waals surface area contributed by atoms with Crippen LogP contribution in [0.5, 0.6) is 0 Å². The lowest BCUT2D eigenvalue weighted by Gasteiger charge is -2.25. The minimum atomic E-state index is -0.751. The molecule has 1 rings (SSSR count). The van der Waals surface area contributed by atoms with Crippen molar-refractivity contribution in [3.05, 3.63) is 0 Å². The Hall–Kier alpha value is -0.570. The minimum absolute atomic E-state index is 0.0629. The van der Waals surface area contributed by atoms with Crippen molar-refractivity contribution in [2.45, 2.75) is 60.0 Å². The molecule has 1 aliphatic carbocycles. The van der Waals surface area contributed by atoms with Gasteiger partial charge in [-0.2, -0.15) is 0 Å². The molecule has 3 heteroatoms. The zero-order chi connectivity index (χ0) is 13.5. The van der Waals surface area contributed by atoms with Gasteiger partial charge >= 0.3 is 0 Å². The summed E-state index contributed by atoms with van der Waals surface area (Å²) in [6.07, 6.45) is 1.34. The molecule has 2 N–H and O–H groups in total. The Bertz CT molecular complexity index is 289. The molecule has 0 aliphatic heterocycles. The second kappa shape index (κ2) is 4.27. The summed E-state index contributed by atoms with van der Waals surface area (Å²) in [4.78, 5) is 12.1. The molecule has 0 aromatic rings. The van der Waals surface area contributed by atoms with Crippen LogP contribution in [0.1, 0.15) is 54.4 Å². The van der Waals surface area contributed by atoms with Crippen LogP contribution in [-0.4, -0.2) is 23.2 Å². The summed E-state index contributed by atoms with van der Waals surface area (Å²) in [5, 5.41) is 13.0. The lowest BCUT2D eigenvalue weighted by molar-refractivity contribution is -0.124. The predicted molar refractivity (Wildman–Crippen MR) is 69.6 cm³/mol. The molecule has 0 aromatic carbocycles. The van der Waals surface area contributed by atoms with Crippen molar-refractivity contribution >= 4 is 5.91 Å². The number of nitrogens with one attached hydrogen (secondary N) is 1. The van der Waals surface area contributed by atoms with E-state index in [0.29, 0.717) is 19.4 Å². The standard InChI is InChI=1S/C14H27NO2/c1-7-14(17,8-2)9-15-11(16)10-12(3,4)13(10,5)6/h10,17H,7-9H2,1-6H3,(H,15,16). The van der Waals surface area contributed by atoms with Crippen LogP contribution in [0.15, 0.2) is 0 Å². The summed E-state index contributed by atoms with van der Waals surface area (Å²) >= 11 is 0. The number of aliphatic hydroxyl groups is 1. The molecule has 0 saturated heterocycles. The smallest absolute Gasteiger partial charge is 0.224 e. The third-order valence-corrected chi connectivity index (χ3v) is 5.19. The van der Waals surface area contributed by atoms with Gasteiger partial charge in [0.25, 0.3) is 0 Å². The first kappa shape index (κ1) is 14.5. The van der Waals surface area contributed by atoms with Crippen molar-refractivity contribution in [3.8, 4) is 0 Å². The highest BCUT2D eigenvalue weighted by molar-refractivity contribution is 5.84. The van der Waals surface area contributed by atoms with E-state index in [2.05, 4.69) is 33.0 Å². The Morgan fingerprint density at radius 1 is 1.18 bits per heavy atom. The second-order valence-electron chi connectivity index (χ2n) is 6.53. The maximum absolute atomic E-state index is 12.1. The molecule has 17 heavy (non-hydrogen) atoms. The van der Waals surface area contributed by atoms with Crippen LogP contribution in [0, 0.1) is 16.7 Å². The highest BCUT2D eigenvalue weighted by atomic mass is 16.3. The fourth-order valence-corrected chi connectivity index (χ4v) is 2.71. The molecule has 0 spiro atoms. The van der Waals surface area contributed by atoms with Crippen LogP contribution in [0.2, 0.25) is 0 Å². The molecular formula is C14H27NO2. The molecule has 0 unspecified atom stereocenters. The number of carbonyl (C=O) groups excluding carboxylic acids is 1. The maximum Gasteiger partial charge on any atom is 0.224 e. The lowest BCUT2D eigenvalue weighted by Crippen LogP contribution is -2.43. The van der Waals surface area contributed by atoms with Crippen LogP contribution in [-0.2, 0) is 4.79 Å². The Morgan fingerprint density at radius 3 is 1.88 bits per heavy atom. The van der Waals surface area contributed by atoms with Crippen molar-refractivity contribution in [2.24, 2.45) is 16.7 Å². The van der Waals surface area contributed by atoms with E-state index >= 15 is 0 Å². The van der Waals surface area contributed by atoms with Gasteiger partial charge in [-0.15, -0.1) is 0 Å². The number of hydrogen-bond donors (Lipinski definition) is 2. The number of hydrogen-bond acceptors (Lipinski definition) is 2. The third-order valence-electron chi connectivity index (χ3n) is 5.19. The van der Waals surface area contributed by atoms with E-state index in [4.69, 9.17) is 0 Å². The van der Waals surface area contributed by atoms with Gasteiger partial charge in [-0.3, -0.25) is 4.79 Å². The molecule has 0 heterocycles. The summed E-state index contributed by atoms with van der Waals surface area (Å²) in [5.41, 5.74) is -0.625. The van der Waals surface area contributed by atoms with Crippen LogP contribution in [0.25, 0.3) is 0 Å². The van der Waals surface area contributed by atoms with E-state index in [0.717, 1.165) is 0 Å². The largest absolute Gasteiger partial charge is 0.388 e. The van der Waals surface area contributed by atoms with Crippen molar-refractivity contribution in [3.63, 3.8) is 0 Å². The summed E-state index contributed by atoms with van der Waals surface area (Å²) in [6.45, 7) is 12.8. The van der Waals surface area contributed by atoms with Crippen LogP contribution >= 0.6 is 0 Å². The van der Waals surface area contributed by atoms with Gasteiger partial charge < -0.3 is 10.4 Å². The zero-order valence-electron chi connectivity index (χ0n) is 12.1. The fraction of sp³-hybridized carbons (Fsp3) is 0.929. The molecule has 0 atom stereocenters. The van der Waals surface area contributed by atoms with Gasteiger partial charge in [-0.1, -0.05) is 41.5 Å². The normalized spacial score (nSPS) is 22.3. The molecule has 3 nitrogen and oxygen atoms in total. The molecule has 100 valence electrons. The Balaban J connectivity index is 2.54. The fourth-order valence-electron chi connectivity index (χ4n) is 2.71. The number of carbonyl (C=O) groups is 1. The Labute approximate surface area is 105 Å². The van der Waals surface area contributed by atoms with Gasteiger partial charge in [0.2, 0.25) is 5.91 Å². The SMILES string of the molecule is CCC(O)(CC)CNC(=O)C1C(C)(C)C1(C)C. The number of rotatable bonds is 5. The van der Waals surface area contributed by atoms with E-state index in [1.165, 1.54) is 0 Å². The molecule has 1 aliphatic rings. The Morgan fingerprint density at radius 2 is 1.59 bits per heavy atom. The highest BCUT2D eigenvalue weighted by Gasteiger charge is 2.68. The average Bonchev–Trinajstić information content (AvgIpc) is 2.66. The molecule has 0 aromatic heterocycles. The molecule has 0 bridgehead atoms. The molecule has 1 saturated carbocycles. The Kier molecular flexibility index (Phi) is 3.64. The van der Waals surface area contributed by atoms with Crippen molar-refractivity contribution in [2.75, 3.05) is 6.54 Å². The van der Waals surface area contributed by atoms with E-state index in [1.807, 2.05) is 13.8 Å². The van der Waals surface area contributed by atoms with E-state index in [-0.39, 0.29) is 22.7 Å². The van der Waals surface area contributed by atoms with E-state index < -0.39 is 5.60 Å². The van der Waals surface area contributed by atoms with Gasteiger partial charge in [-0.25, -0.2) is 0 Å². The quantitative estimate of drug-likeness (QED) is 0.776. The van der Waals surface area contributed by atoms with E-state index in [1.54, 1.807) is 0 Å². The topological polar surface area (TPSA) is 49.3 Å². The van der Waals surface area contributed by atoms with Crippen LogP contribution in [0.3, 0.4) is 0 Å². The molecular weight excluding hydrogens is 214 g/mol. The third kappa shape index (κ3) is 2.35. The summed E-state index contributed by atoms with van der Waals surface area (Å²) in [6, 6.07) is 0. The highest BCUT2D eigenvalue weighted by Crippen LogP contribution is 2.68. The summed E-state index contributed by atoms with van der Waals surface area (Å²) in [5.74, 6) is 0.147. The first-order chi connectivity index (χ1) is 7.62. The first-order valence-corrected chi connectivity index (χ1v) is 6.62. The average molecular weight is 241 g/mol. The van der Waals surface area contributed by atoms with Crippen molar-refractivity contribution < 1.29 is 9.90 Å². The van der Waals surface area contributed by atoms with Crippen molar-refractivity contribution in [1.29, 1.82) is 0 Å². The number of amides is 1. The molecule has 1 amide bonds. The van der Waals surface area contributed by atoms with Gasteiger partial charge in [-0.05, 0) is 23.7 Å². The van der Waals surface area contributed by atoms with Gasteiger partial charge in [0.1, 0.15) is 0 Å². The zero-order valence-corrected chi connectivity index (χ0v) is 12.1. The minimum Gasteiger partial charge on any atom is -0.388 e. The van der Waals surface area contributed by atoms with E-state index in [9.17, 15) is 9.90 Å². The summed E-state index contributed by atoms with van der Waals surface area (Å²) < 4.78 is 0. The maximum atomic E-state index is 12.1. The van der Waals surface area contributed by atoms with Crippen molar-refractivity contribution in [1.82, 2.24) is 5.32 Å². The summed E-state index contributed by atoms with van der Waals surface area (Å²) in [7, 11) is 0. The van der Waals surface area contributed by atoms with Crippen LogP contribution < -0.4 is 5.32 Å². The van der Waals surface area contributed by atoms with Gasteiger partial charge in [0.05, 0.1) is 5.60 Å². The second-order valence-corrected chi connectivity index (χ2v) is 6.53. The lowest BCUT2D eigenvalue weighted by atomic mass is 9.97. The van der Waals surface area contributed by atoms with Crippen LogP contribution in [0.4, 0.5) is 0 Å². The molecule has 1 fully saturated rings. The first-order valence-electron chi connectivity index (χ1n) is 6.62. The van der Waals surface area contributed by atoms with Gasteiger partial charge in [0, 0.05) is 12.5 Å². The monoisotopic (exact) mass is 241 g/mol. The molecule has 0 radical (unpaired) electrons.